The van der Waals surface area contributed by atoms with E-state index < -0.39 is 0 Å². The second-order valence-electron chi connectivity index (χ2n) is 3.47. The van der Waals surface area contributed by atoms with Crippen LogP contribution in [-0.4, -0.2) is 11.1 Å². The maximum absolute atomic E-state index is 6.11. The van der Waals surface area contributed by atoms with Gasteiger partial charge < -0.3 is 10.3 Å². The van der Waals surface area contributed by atoms with E-state index in [1.165, 1.54) is 0 Å². The van der Waals surface area contributed by atoms with Gasteiger partial charge in [0.25, 0.3) is 0 Å². The van der Waals surface area contributed by atoms with Crippen molar-refractivity contribution in [3.8, 4) is 0 Å². The van der Waals surface area contributed by atoms with E-state index in [9.17, 15) is 0 Å². The quantitative estimate of drug-likeness (QED) is 0.880. The average molecular weight is 243 g/mol. The Bertz CT molecular complexity index is 477. The molecule has 0 saturated carbocycles. The van der Waals surface area contributed by atoms with Crippen molar-refractivity contribution >= 4 is 34.1 Å². The summed E-state index contributed by atoms with van der Waals surface area (Å²) in [5.74, 6) is 0. The molecule has 0 amide bonds. The zero-order valence-electron chi connectivity index (χ0n) is 8.21. The number of rotatable bonds is 3. The fourth-order valence-corrected chi connectivity index (χ4v) is 2.11. The molecule has 1 heterocycles. The first-order chi connectivity index (χ1) is 7.22. The number of nitrogens with two attached hydrogens (primary N) is 1. The topological polar surface area (TPSA) is 30.9 Å². The fraction of sp³-hybridized carbons (Fsp3) is 0.273. The highest BCUT2D eigenvalue weighted by molar-refractivity contribution is 6.36. The summed E-state index contributed by atoms with van der Waals surface area (Å²) >= 11 is 12.1. The van der Waals surface area contributed by atoms with Crippen LogP contribution in [0.4, 0.5) is 0 Å². The van der Waals surface area contributed by atoms with Gasteiger partial charge in [0.2, 0.25) is 0 Å². The van der Waals surface area contributed by atoms with Gasteiger partial charge in [-0.1, -0.05) is 23.2 Å². The van der Waals surface area contributed by atoms with Gasteiger partial charge in [-0.2, -0.15) is 0 Å². The molecule has 0 atom stereocenters. The number of hydrogen-bond acceptors (Lipinski definition) is 1. The normalized spacial score (nSPS) is 11.1. The number of fused-ring (bicyclic) bond motifs is 1. The SMILES string of the molecule is NCCCn1cc(Cl)c2ccc(Cl)cc21. The minimum Gasteiger partial charge on any atom is -0.346 e. The predicted octanol–water partition coefficient (Wildman–Crippen LogP) is 3.30. The maximum Gasteiger partial charge on any atom is 0.0661 e. The van der Waals surface area contributed by atoms with Crippen molar-refractivity contribution in [3.05, 3.63) is 34.4 Å². The molecule has 0 aliphatic rings. The van der Waals surface area contributed by atoms with Gasteiger partial charge in [0.1, 0.15) is 0 Å². The summed E-state index contributed by atoms with van der Waals surface area (Å²) in [6, 6.07) is 5.72. The highest BCUT2D eigenvalue weighted by atomic mass is 35.5. The summed E-state index contributed by atoms with van der Waals surface area (Å²) in [4.78, 5) is 0. The van der Waals surface area contributed by atoms with Crippen LogP contribution < -0.4 is 5.73 Å². The lowest BCUT2D eigenvalue weighted by atomic mass is 10.2. The monoisotopic (exact) mass is 242 g/mol. The zero-order valence-corrected chi connectivity index (χ0v) is 9.72. The largest absolute Gasteiger partial charge is 0.346 e. The van der Waals surface area contributed by atoms with E-state index >= 15 is 0 Å². The van der Waals surface area contributed by atoms with E-state index in [1.807, 2.05) is 24.4 Å². The number of benzene rings is 1. The van der Waals surface area contributed by atoms with Crippen molar-refractivity contribution in [1.29, 1.82) is 0 Å². The molecule has 4 heteroatoms. The van der Waals surface area contributed by atoms with E-state index in [-0.39, 0.29) is 0 Å². The average Bonchev–Trinajstić information content (AvgIpc) is 2.52. The Hall–Kier alpha value is -0.700. The van der Waals surface area contributed by atoms with Crippen LogP contribution in [0.3, 0.4) is 0 Å². The van der Waals surface area contributed by atoms with Crippen LogP contribution in [-0.2, 0) is 6.54 Å². The van der Waals surface area contributed by atoms with E-state index in [2.05, 4.69) is 4.57 Å². The van der Waals surface area contributed by atoms with Crippen LogP contribution in [0, 0.1) is 0 Å². The molecule has 0 bridgehead atoms. The highest BCUT2D eigenvalue weighted by Gasteiger charge is 2.06. The van der Waals surface area contributed by atoms with Crippen LogP contribution in [0.25, 0.3) is 10.9 Å². The Morgan fingerprint density at radius 1 is 1.27 bits per heavy atom. The van der Waals surface area contributed by atoms with Crippen molar-refractivity contribution in [2.24, 2.45) is 5.73 Å². The Morgan fingerprint density at radius 3 is 2.80 bits per heavy atom. The first kappa shape index (κ1) is 10.8. The minimum atomic E-state index is 0.678. The van der Waals surface area contributed by atoms with Gasteiger partial charge in [-0.15, -0.1) is 0 Å². The molecule has 0 aliphatic heterocycles. The molecular weight excluding hydrogens is 231 g/mol. The third-order valence-corrected chi connectivity index (χ3v) is 2.94. The lowest BCUT2D eigenvalue weighted by Crippen LogP contribution is -2.04. The fourth-order valence-electron chi connectivity index (χ4n) is 1.67. The first-order valence-corrected chi connectivity index (χ1v) is 5.62. The Balaban J connectivity index is 2.49. The van der Waals surface area contributed by atoms with Gasteiger partial charge >= 0.3 is 0 Å². The van der Waals surface area contributed by atoms with Crippen molar-refractivity contribution in [2.75, 3.05) is 6.54 Å². The Kier molecular flexibility index (Phi) is 3.19. The summed E-state index contributed by atoms with van der Waals surface area (Å²) in [5, 5.41) is 2.53. The molecule has 0 radical (unpaired) electrons. The molecule has 0 saturated heterocycles. The molecule has 0 spiro atoms. The lowest BCUT2D eigenvalue weighted by molar-refractivity contribution is 0.671. The smallest absolute Gasteiger partial charge is 0.0661 e. The standard InChI is InChI=1S/C11H12Cl2N2/c12-8-2-3-9-10(13)7-15(5-1-4-14)11(9)6-8/h2-3,6-7H,1,4-5,14H2. The van der Waals surface area contributed by atoms with Gasteiger partial charge in [-0.25, -0.2) is 0 Å². The molecule has 2 rings (SSSR count). The van der Waals surface area contributed by atoms with Gasteiger partial charge in [0.05, 0.1) is 10.5 Å². The molecule has 0 fully saturated rings. The molecular formula is C11H12Cl2N2. The second kappa shape index (κ2) is 4.44. The second-order valence-corrected chi connectivity index (χ2v) is 4.32. The summed E-state index contributed by atoms with van der Waals surface area (Å²) < 4.78 is 2.09. The van der Waals surface area contributed by atoms with Crippen molar-refractivity contribution in [3.63, 3.8) is 0 Å². The van der Waals surface area contributed by atoms with Crippen LogP contribution in [0.2, 0.25) is 10.0 Å². The van der Waals surface area contributed by atoms with E-state index in [0.29, 0.717) is 6.54 Å². The van der Waals surface area contributed by atoms with Crippen LogP contribution in [0.5, 0.6) is 0 Å². The summed E-state index contributed by atoms with van der Waals surface area (Å²) in [5.41, 5.74) is 6.56. The Morgan fingerprint density at radius 2 is 2.07 bits per heavy atom. The van der Waals surface area contributed by atoms with Crippen molar-refractivity contribution in [1.82, 2.24) is 4.57 Å². The number of aromatic nitrogens is 1. The van der Waals surface area contributed by atoms with E-state index in [1.54, 1.807) is 0 Å². The highest BCUT2D eigenvalue weighted by Crippen LogP contribution is 2.28. The lowest BCUT2D eigenvalue weighted by Gasteiger charge is -2.03. The van der Waals surface area contributed by atoms with E-state index in [4.69, 9.17) is 28.9 Å². The molecule has 2 nitrogen and oxygen atoms in total. The van der Waals surface area contributed by atoms with Gasteiger partial charge in [0, 0.05) is 23.2 Å². The molecule has 0 aliphatic carbocycles. The van der Waals surface area contributed by atoms with Crippen LogP contribution >= 0.6 is 23.2 Å². The van der Waals surface area contributed by atoms with Gasteiger partial charge in [0.15, 0.2) is 0 Å². The molecule has 2 aromatic rings. The molecule has 1 aromatic carbocycles. The Labute approximate surface area is 98.6 Å². The number of nitrogens with zero attached hydrogens (tertiary/aromatic N) is 1. The molecule has 0 unspecified atom stereocenters. The van der Waals surface area contributed by atoms with Crippen molar-refractivity contribution in [2.45, 2.75) is 13.0 Å². The first-order valence-electron chi connectivity index (χ1n) is 4.86. The van der Waals surface area contributed by atoms with Crippen LogP contribution in [0.15, 0.2) is 24.4 Å². The summed E-state index contributed by atoms with van der Waals surface area (Å²) in [7, 11) is 0. The summed E-state index contributed by atoms with van der Waals surface area (Å²) in [6.45, 7) is 1.55. The van der Waals surface area contributed by atoms with E-state index in [0.717, 1.165) is 33.9 Å². The van der Waals surface area contributed by atoms with Crippen LogP contribution in [0.1, 0.15) is 6.42 Å². The number of halogens is 2. The van der Waals surface area contributed by atoms with Crippen molar-refractivity contribution < 1.29 is 0 Å². The van der Waals surface area contributed by atoms with Gasteiger partial charge in [-0.3, -0.25) is 0 Å². The third kappa shape index (κ3) is 2.12. The summed E-state index contributed by atoms with van der Waals surface area (Å²) in [6.07, 6.45) is 2.87. The molecule has 1 aromatic heterocycles. The van der Waals surface area contributed by atoms with Gasteiger partial charge in [-0.05, 0) is 31.2 Å². The molecule has 2 N–H and O–H groups in total. The molecule has 15 heavy (non-hydrogen) atoms. The molecule has 80 valence electrons. The maximum atomic E-state index is 6.11. The number of aryl methyl sites for hydroxylation is 1. The predicted molar refractivity (Wildman–Crippen MR) is 65.6 cm³/mol. The minimum absolute atomic E-state index is 0.678. The third-order valence-electron chi connectivity index (χ3n) is 2.40. The number of hydrogen-bond donors (Lipinski definition) is 1. The zero-order chi connectivity index (χ0) is 10.8.